The van der Waals surface area contributed by atoms with Crippen LogP contribution >= 0.6 is 11.3 Å². The van der Waals surface area contributed by atoms with Crippen molar-refractivity contribution in [3.05, 3.63) is 45.9 Å². The Bertz CT molecular complexity index is 576. The van der Waals surface area contributed by atoms with E-state index in [0.717, 1.165) is 29.8 Å². The van der Waals surface area contributed by atoms with Gasteiger partial charge in [0.15, 0.2) is 0 Å². The third kappa shape index (κ3) is 1.65. The lowest BCUT2D eigenvalue weighted by Gasteiger charge is -2.27. The van der Waals surface area contributed by atoms with E-state index in [1.165, 1.54) is 4.88 Å². The third-order valence-electron chi connectivity index (χ3n) is 3.09. The van der Waals surface area contributed by atoms with E-state index in [-0.39, 0.29) is 5.91 Å². The average Bonchev–Trinajstić information content (AvgIpc) is 2.80. The number of fused-ring (bicyclic) bond motifs is 1. The minimum absolute atomic E-state index is 0.101. The average molecular weight is 244 g/mol. The number of thiophene rings is 1. The molecule has 0 aromatic carbocycles. The van der Waals surface area contributed by atoms with Gasteiger partial charge in [0.2, 0.25) is 0 Å². The molecule has 2 aromatic rings. The predicted octanol–water partition coefficient (Wildman–Crippen LogP) is 2.65. The van der Waals surface area contributed by atoms with Crippen LogP contribution in [0.3, 0.4) is 0 Å². The summed E-state index contributed by atoms with van der Waals surface area (Å²) < 4.78 is 0. The monoisotopic (exact) mass is 244 g/mol. The summed E-state index contributed by atoms with van der Waals surface area (Å²) in [6, 6.07) is 3.85. The lowest BCUT2D eigenvalue weighted by atomic mass is 10.1. The van der Waals surface area contributed by atoms with Crippen LogP contribution in [0.5, 0.6) is 0 Å². The molecule has 4 heteroatoms. The van der Waals surface area contributed by atoms with Gasteiger partial charge < -0.3 is 4.90 Å². The van der Waals surface area contributed by atoms with E-state index in [0.29, 0.717) is 0 Å². The standard InChI is InChI=1S/C13H12N2OS/c1-9-2-5-14-8-11(9)15-6-3-12-10(13(15)16)4-7-17-12/h2,4-5,7-8H,3,6H2,1H3. The van der Waals surface area contributed by atoms with Gasteiger partial charge in [-0.3, -0.25) is 9.78 Å². The van der Waals surface area contributed by atoms with Gasteiger partial charge in [-0.15, -0.1) is 11.3 Å². The van der Waals surface area contributed by atoms with Crippen molar-refractivity contribution in [2.75, 3.05) is 11.4 Å². The molecule has 0 atom stereocenters. The Balaban J connectivity index is 2.03. The van der Waals surface area contributed by atoms with Crippen LogP contribution < -0.4 is 4.90 Å². The number of aryl methyl sites for hydroxylation is 1. The van der Waals surface area contributed by atoms with Crippen molar-refractivity contribution in [2.45, 2.75) is 13.3 Å². The SMILES string of the molecule is Cc1ccncc1N1CCc2sccc2C1=O. The number of aromatic nitrogens is 1. The zero-order chi connectivity index (χ0) is 11.8. The molecule has 1 amide bonds. The van der Waals surface area contributed by atoms with Gasteiger partial charge in [-0.05, 0) is 30.0 Å². The second-order valence-corrected chi connectivity index (χ2v) is 5.13. The number of amides is 1. The summed E-state index contributed by atoms with van der Waals surface area (Å²) in [4.78, 5) is 19.5. The highest BCUT2D eigenvalue weighted by Gasteiger charge is 2.27. The van der Waals surface area contributed by atoms with Crippen molar-refractivity contribution < 1.29 is 4.79 Å². The van der Waals surface area contributed by atoms with Crippen molar-refractivity contribution in [3.8, 4) is 0 Å². The molecule has 3 heterocycles. The molecule has 2 aromatic heterocycles. The normalized spacial score (nSPS) is 14.9. The van der Waals surface area contributed by atoms with Crippen LogP contribution in [0.2, 0.25) is 0 Å². The smallest absolute Gasteiger partial charge is 0.259 e. The maximum Gasteiger partial charge on any atom is 0.259 e. The summed E-state index contributed by atoms with van der Waals surface area (Å²) >= 11 is 1.67. The van der Waals surface area contributed by atoms with Crippen LogP contribution in [0.15, 0.2) is 29.9 Å². The van der Waals surface area contributed by atoms with Crippen molar-refractivity contribution in [3.63, 3.8) is 0 Å². The molecule has 86 valence electrons. The van der Waals surface area contributed by atoms with Crippen LogP contribution in [0.4, 0.5) is 5.69 Å². The fourth-order valence-corrected chi connectivity index (χ4v) is 3.01. The van der Waals surface area contributed by atoms with Gasteiger partial charge in [0.25, 0.3) is 5.91 Å². The molecule has 0 bridgehead atoms. The van der Waals surface area contributed by atoms with Gasteiger partial charge in [-0.1, -0.05) is 0 Å². The van der Waals surface area contributed by atoms with E-state index in [9.17, 15) is 4.79 Å². The van der Waals surface area contributed by atoms with E-state index < -0.39 is 0 Å². The van der Waals surface area contributed by atoms with E-state index in [2.05, 4.69) is 4.98 Å². The second-order valence-electron chi connectivity index (χ2n) is 4.13. The topological polar surface area (TPSA) is 33.2 Å². The molecule has 0 unspecified atom stereocenters. The maximum atomic E-state index is 12.3. The number of carbonyl (C=O) groups excluding carboxylic acids is 1. The van der Waals surface area contributed by atoms with Crippen LogP contribution in [0.25, 0.3) is 0 Å². The Morgan fingerprint density at radius 3 is 3.12 bits per heavy atom. The highest BCUT2D eigenvalue weighted by Crippen LogP contribution is 2.28. The first kappa shape index (κ1) is 10.5. The van der Waals surface area contributed by atoms with Gasteiger partial charge in [-0.25, -0.2) is 0 Å². The number of pyridine rings is 1. The molecule has 0 saturated heterocycles. The molecule has 0 fully saturated rings. The molecular formula is C13H12N2OS. The quantitative estimate of drug-likeness (QED) is 0.772. The molecule has 3 nitrogen and oxygen atoms in total. The maximum absolute atomic E-state index is 12.3. The lowest BCUT2D eigenvalue weighted by Crippen LogP contribution is -2.37. The number of hydrogen-bond donors (Lipinski definition) is 0. The number of carbonyl (C=O) groups is 1. The zero-order valence-corrected chi connectivity index (χ0v) is 10.3. The van der Waals surface area contributed by atoms with Gasteiger partial charge in [0, 0.05) is 24.0 Å². The van der Waals surface area contributed by atoms with Crippen molar-refractivity contribution in [1.82, 2.24) is 4.98 Å². The minimum atomic E-state index is 0.101. The minimum Gasteiger partial charge on any atom is -0.306 e. The summed E-state index contributed by atoms with van der Waals surface area (Å²) in [5, 5.41) is 1.99. The Morgan fingerprint density at radius 1 is 1.41 bits per heavy atom. The van der Waals surface area contributed by atoms with Crippen molar-refractivity contribution >= 4 is 22.9 Å². The summed E-state index contributed by atoms with van der Waals surface area (Å²) in [5.74, 6) is 0.101. The number of nitrogens with zero attached hydrogens (tertiary/aromatic N) is 2. The second kappa shape index (κ2) is 3.96. The Hall–Kier alpha value is -1.68. The molecule has 0 saturated carbocycles. The Kier molecular flexibility index (Phi) is 2.44. The van der Waals surface area contributed by atoms with E-state index in [1.54, 1.807) is 23.7 Å². The van der Waals surface area contributed by atoms with Crippen LogP contribution in [-0.4, -0.2) is 17.4 Å². The molecule has 17 heavy (non-hydrogen) atoms. The summed E-state index contributed by atoms with van der Waals surface area (Å²) in [6.45, 7) is 2.76. The first-order chi connectivity index (χ1) is 8.27. The molecule has 0 radical (unpaired) electrons. The molecular weight excluding hydrogens is 232 g/mol. The van der Waals surface area contributed by atoms with E-state index in [4.69, 9.17) is 0 Å². The molecule has 0 spiro atoms. The fourth-order valence-electron chi connectivity index (χ4n) is 2.15. The summed E-state index contributed by atoms with van der Waals surface area (Å²) in [7, 11) is 0. The van der Waals surface area contributed by atoms with Crippen LogP contribution in [0, 0.1) is 6.92 Å². The van der Waals surface area contributed by atoms with Crippen LogP contribution in [0.1, 0.15) is 20.8 Å². The van der Waals surface area contributed by atoms with Crippen molar-refractivity contribution in [1.29, 1.82) is 0 Å². The number of rotatable bonds is 1. The van der Waals surface area contributed by atoms with Gasteiger partial charge in [0.05, 0.1) is 17.4 Å². The van der Waals surface area contributed by atoms with Crippen LogP contribution in [-0.2, 0) is 6.42 Å². The van der Waals surface area contributed by atoms with E-state index >= 15 is 0 Å². The summed E-state index contributed by atoms with van der Waals surface area (Å²) in [6.07, 6.45) is 4.46. The summed E-state index contributed by atoms with van der Waals surface area (Å²) in [5.41, 5.74) is 2.87. The van der Waals surface area contributed by atoms with Crippen molar-refractivity contribution in [2.24, 2.45) is 0 Å². The predicted molar refractivity (Wildman–Crippen MR) is 68.7 cm³/mol. The lowest BCUT2D eigenvalue weighted by molar-refractivity contribution is 0.0981. The van der Waals surface area contributed by atoms with Gasteiger partial charge >= 0.3 is 0 Å². The highest BCUT2D eigenvalue weighted by molar-refractivity contribution is 7.10. The van der Waals surface area contributed by atoms with E-state index in [1.807, 2.05) is 29.3 Å². The fraction of sp³-hybridized carbons (Fsp3) is 0.231. The molecule has 0 aliphatic carbocycles. The third-order valence-corrected chi connectivity index (χ3v) is 4.07. The Labute approximate surface area is 104 Å². The zero-order valence-electron chi connectivity index (χ0n) is 9.51. The molecule has 1 aliphatic heterocycles. The van der Waals surface area contributed by atoms with Gasteiger partial charge in [0.1, 0.15) is 0 Å². The number of anilines is 1. The van der Waals surface area contributed by atoms with Gasteiger partial charge in [-0.2, -0.15) is 0 Å². The molecule has 3 rings (SSSR count). The largest absolute Gasteiger partial charge is 0.306 e. The highest BCUT2D eigenvalue weighted by atomic mass is 32.1. The number of hydrogen-bond acceptors (Lipinski definition) is 3. The molecule has 0 N–H and O–H groups in total. The first-order valence-corrected chi connectivity index (χ1v) is 6.44. The first-order valence-electron chi connectivity index (χ1n) is 5.56. The molecule has 1 aliphatic rings. The Morgan fingerprint density at radius 2 is 2.29 bits per heavy atom.